The highest BCUT2D eigenvalue weighted by Gasteiger charge is 2.56. The zero-order valence-corrected chi connectivity index (χ0v) is 109. The van der Waals surface area contributed by atoms with Gasteiger partial charge in [0.2, 0.25) is 0 Å². The van der Waals surface area contributed by atoms with Crippen LogP contribution in [0.25, 0.3) is 0 Å². The molecule has 150 heavy (non-hydrogen) atoms. The predicted molar refractivity (Wildman–Crippen MR) is 692 cm³/mol. The summed E-state index contributed by atoms with van der Waals surface area (Å²) in [4.78, 5) is 0. The standard InChI is InChI=1S/C85H170.C65H130/c1-9-17-25-33-41-45-53-61-70-80(66-57-49-37-29-21-13-5)76-84(77-81(67-58-50-38-30-22-14-6)71-62-54-46-42-34-26-18-10-2)74-65-75-85(84,78-82(68-59-51-39-31-23-15-7)72-63-55-47-43-35-27-19-11-3)79-83(69-60-52-40-32-24-16-8)73-64-56-48-44-36-28-20-12-4;1-7-13-19-25-31-34-40-44-51-61(50-43-37-28-22-16-10-4)58-64-56-49-57-65(64,59-62(52-45-38-29-23-17-11-5)54-47-41-35-32-26-20-14-8-2)60-63(53-46-39-30-24-18-12-6)55-48-42-36-33-27-21-15-9-3/h80-83H,9-79H2,1-8H3;61-64H,7-60H2,1-6H3. The number of hydrogen-bond acceptors (Lipinski definition) is 0. The topological polar surface area (TPSA) is 0 Å². The molecule has 8 atom stereocenters. The molecule has 8 unspecified atom stereocenters. The Balaban J connectivity index is 0.00000155. The summed E-state index contributed by atoms with van der Waals surface area (Å²) in [6, 6.07) is 0. The molecule has 0 bridgehead atoms. The highest BCUT2D eigenvalue weighted by Crippen LogP contribution is 2.67. The van der Waals surface area contributed by atoms with Crippen LogP contribution >= 0.6 is 0 Å². The third-order valence-electron chi connectivity index (χ3n) is 40.3. The summed E-state index contributed by atoms with van der Waals surface area (Å²) >= 11 is 0. The van der Waals surface area contributed by atoms with Gasteiger partial charge in [-0.1, -0.05) is 829 Å². The molecule has 0 spiro atoms. The van der Waals surface area contributed by atoms with Gasteiger partial charge in [0.05, 0.1) is 0 Å². The minimum atomic E-state index is 0.546. The third kappa shape index (κ3) is 88.6. The summed E-state index contributed by atoms with van der Waals surface area (Å²) in [5.74, 6) is 7.81. The molecule has 2 rings (SSSR count). The molecule has 0 radical (unpaired) electrons. The first-order valence-electron chi connectivity index (χ1n) is 74.0. The molecule has 0 heterocycles. The number of hydrogen-bond donors (Lipinski definition) is 0. The number of rotatable bonds is 126. The fraction of sp³-hybridized carbons (Fsp3) is 1.00. The van der Waals surface area contributed by atoms with Crippen molar-refractivity contribution >= 4 is 0 Å². The highest BCUT2D eigenvalue weighted by atomic mass is 14.6. The van der Waals surface area contributed by atoms with E-state index in [1.54, 1.807) is 173 Å². The summed E-state index contributed by atoms with van der Waals surface area (Å²) in [5.41, 5.74) is 1.73. The van der Waals surface area contributed by atoms with Gasteiger partial charge in [0.25, 0.3) is 0 Å². The molecule has 0 saturated heterocycles. The third-order valence-corrected chi connectivity index (χ3v) is 40.3. The minimum Gasteiger partial charge on any atom is -0.0654 e. The van der Waals surface area contributed by atoms with Crippen LogP contribution in [0.15, 0.2) is 0 Å². The van der Waals surface area contributed by atoms with Crippen LogP contribution in [-0.2, 0) is 0 Å². The molecule has 2 aliphatic rings. The second-order valence-corrected chi connectivity index (χ2v) is 54.6. The van der Waals surface area contributed by atoms with Crippen LogP contribution < -0.4 is 0 Å². The van der Waals surface area contributed by atoms with Crippen LogP contribution in [0.4, 0.5) is 0 Å². The number of unbranched alkanes of at least 4 members (excludes halogenated alkanes) is 84. The van der Waals surface area contributed by atoms with Crippen molar-refractivity contribution < 1.29 is 0 Å². The van der Waals surface area contributed by atoms with Gasteiger partial charge in [-0.05, 0) is 134 Å². The Bertz CT molecular complexity index is 2240. The average molecular weight is 2100 g/mol. The van der Waals surface area contributed by atoms with Crippen LogP contribution in [0.3, 0.4) is 0 Å². The van der Waals surface area contributed by atoms with Crippen LogP contribution in [0.2, 0.25) is 0 Å². The highest BCUT2D eigenvalue weighted by molar-refractivity contribution is 5.07. The second kappa shape index (κ2) is 117. The fourth-order valence-electron chi connectivity index (χ4n) is 30.6. The van der Waals surface area contributed by atoms with Gasteiger partial charge in [0.15, 0.2) is 0 Å². The lowest BCUT2D eigenvalue weighted by molar-refractivity contribution is -0.0320. The maximum Gasteiger partial charge on any atom is -0.0235 e. The second-order valence-electron chi connectivity index (χ2n) is 54.6. The van der Waals surface area contributed by atoms with E-state index in [9.17, 15) is 0 Å². The fourth-order valence-corrected chi connectivity index (χ4v) is 30.6. The van der Waals surface area contributed by atoms with E-state index < -0.39 is 0 Å². The Morgan fingerprint density at radius 2 is 0.247 bits per heavy atom. The Morgan fingerprint density at radius 3 is 0.387 bits per heavy atom. The molecule has 2 saturated carbocycles. The van der Waals surface area contributed by atoms with Gasteiger partial charge in [-0.3, -0.25) is 0 Å². The Labute approximate surface area is 956 Å². The quantitative estimate of drug-likeness (QED) is 0.0533. The van der Waals surface area contributed by atoms with Gasteiger partial charge >= 0.3 is 0 Å². The van der Waals surface area contributed by atoms with Crippen molar-refractivity contribution in [3.05, 3.63) is 0 Å². The van der Waals surface area contributed by atoms with Crippen molar-refractivity contribution in [1.29, 1.82) is 0 Å². The van der Waals surface area contributed by atoms with Crippen molar-refractivity contribution in [2.75, 3.05) is 0 Å². The molecule has 900 valence electrons. The van der Waals surface area contributed by atoms with E-state index in [2.05, 4.69) is 96.9 Å². The Kier molecular flexibility index (Phi) is 115. The summed E-state index contributed by atoms with van der Waals surface area (Å²) < 4.78 is 0. The molecule has 0 amide bonds. The lowest BCUT2D eigenvalue weighted by Crippen LogP contribution is -2.43. The first-order chi connectivity index (χ1) is 74.0. The van der Waals surface area contributed by atoms with Crippen molar-refractivity contribution in [1.82, 2.24) is 0 Å². The van der Waals surface area contributed by atoms with Crippen LogP contribution in [0, 0.1) is 63.6 Å². The van der Waals surface area contributed by atoms with E-state index in [0.29, 0.717) is 16.2 Å². The van der Waals surface area contributed by atoms with Gasteiger partial charge in [0, 0.05) is 0 Å². The van der Waals surface area contributed by atoms with Crippen LogP contribution in [0.5, 0.6) is 0 Å². The van der Waals surface area contributed by atoms with Gasteiger partial charge in [0.1, 0.15) is 0 Å². The van der Waals surface area contributed by atoms with Crippen molar-refractivity contribution in [3.8, 4) is 0 Å². The van der Waals surface area contributed by atoms with E-state index in [0.717, 1.165) is 47.3 Å². The van der Waals surface area contributed by atoms with E-state index in [1.165, 1.54) is 629 Å². The molecule has 0 nitrogen and oxygen atoms in total. The SMILES string of the molecule is CCCCCCCCCCC(CCCCCCCC)CC1(CC(CCCCCCCC)CCCCCCCCCC)CCCC1(CC(CCCCCCCC)CCCCCCCCCC)CC(CCCCCCCC)CCCCCCCCCC.CCCCCCCCCCC(CCCCCCCC)CC1CCCC1(CC(CCCCCCCC)CCCCCCCCCC)CC(CCCCCCCC)CCCCCCCCCC. The van der Waals surface area contributed by atoms with Crippen LogP contribution in [0.1, 0.15) is 900 Å². The van der Waals surface area contributed by atoms with E-state index in [-0.39, 0.29) is 0 Å². The van der Waals surface area contributed by atoms with Gasteiger partial charge in [-0.2, -0.15) is 0 Å². The zero-order valence-electron chi connectivity index (χ0n) is 109. The normalized spacial score (nSPS) is 17.8. The first-order valence-corrected chi connectivity index (χ1v) is 74.0. The van der Waals surface area contributed by atoms with E-state index in [1.807, 2.05) is 0 Å². The molecule has 2 aliphatic carbocycles. The molecule has 0 heteroatoms. The van der Waals surface area contributed by atoms with Crippen molar-refractivity contribution in [2.45, 2.75) is 900 Å². The monoisotopic (exact) mass is 2100 g/mol. The van der Waals surface area contributed by atoms with Gasteiger partial charge < -0.3 is 0 Å². The molecular formula is C150H300. The van der Waals surface area contributed by atoms with Gasteiger partial charge in [-0.25, -0.2) is 0 Å². The Morgan fingerprint density at radius 1 is 0.127 bits per heavy atom. The molecule has 0 aliphatic heterocycles. The lowest BCUT2D eigenvalue weighted by atomic mass is 9.52. The van der Waals surface area contributed by atoms with E-state index >= 15 is 0 Å². The molecule has 0 N–H and O–H groups in total. The molecule has 0 aromatic rings. The summed E-state index contributed by atoms with van der Waals surface area (Å²) in [7, 11) is 0. The lowest BCUT2D eigenvalue weighted by Gasteiger charge is -2.53. The summed E-state index contributed by atoms with van der Waals surface area (Å²) in [6.07, 6.45) is 187. The summed E-state index contributed by atoms with van der Waals surface area (Å²) in [5, 5.41) is 0. The van der Waals surface area contributed by atoms with E-state index in [4.69, 9.17) is 0 Å². The largest absolute Gasteiger partial charge is 0.0654 e. The molecular weight excluding hydrogens is 1800 g/mol. The first kappa shape index (κ1) is 148. The molecule has 0 aromatic heterocycles. The molecule has 2 fully saturated rings. The van der Waals surface area contributed by atoms with Crippen molar-refractivity contribution in [3.63, 3.8) is 0 Å². The smallest absolute Gasteiger partial charge is 0.0235 e. The zero-order chi connectivity index (χ0) is 109. The van der Waals surface area contributed by atoms with Gasteiger partial charge in [-0.15, -0.1) is 0 Å². The molecule has 0 aromatic carbocycles. The predicted octanol–water partition coefficient (Wildman–Crippen LogP) is 56.9. The Hall–Kier alpha value is 0. The maximum atomic E-state index is 2.42. The minimum absolute atomic E-state index is 0.546. The maximum absolute atomic E-state index is 2.42. The van der Waals surface area contributed by atoms with Crippen LogP contribution in [-0.4, -0.2) is 0 Å². The van der Waals surface area contributed by atoms with Crippen molar-refractivity contribution in [2.24, 2.45) is 63.6 Å². The summed E-state index contributed by atoms with van der Waals surface area (Å²) in [6.45, 7) is 33.5. The average Bonchev–Trinajstić information content (AvgIpc) is 1.58.